The minimum atomic E-state index is -2.98. The van der Waals surface area contributed by atoms with Crippen LogP contribution in [0.2, 0.25) is 0 Å². The first-order chi connectivity index (χ1) is 11.9. The molecule has 1 atom stereocenters. The SMILES string of the molecule is CC(C)S(=O)(=O)CC[C@H](C)c1ccc(-n2ccc3ccncc32)cc1. The van der Waals surface area contributed by atoms with E-state index < -0.39 is 9.84 Å². The summed E-state index contributed by atoms with van der Waals surface area (Å²) in [6, 6.07) is 12.4. The molecule has 0 amide bonds. The summed E-state index contributed by atoms with van der Waals surface area (Å²) in [6.07, 6.45) is 6.35. The van der Waals surface area contributed by atoms with Gasteiger partial charge in [0.05, 0.1) is 22.7 Å². The van der Waals surface area contributed by atoms with Crippen LogP contribution in [0.4, 0.5) is 0 Å². The number of fused-ring (bicyclic) bond motifs is 1. The lowest BCUT2D eigenvalue weighted by molar-refractivity contribution is 0.580. The molecule has 3 rings (SSSR count). The number of pyridine rings is 1. The van der Waals surface area contributed by atoms with Crippen molar-refractivity contribution in [1.29, 1.82) is 0 Å². The maximum atomic E-state index is 12.0. The molecule has 25 heavy (non-hydrogen) atoms. The van der Waals surface area contributed by atoms with Gasteiger partial charge >= 0.3 is 0 Å². The molecular formula is C20H24N2O2S. The number of aromatic nitrogens is 2. The highest BCUT2D eigenvalue weighted by atomic mass is 32.2. The van der Waals surface area contributed by atoms with Gasteiger partial charge < -0.3 is 4.57 Å². The van der Waals surface area contributed by atoms with E-state index in [4.69, 9.17) is 0 Å². The molecule has 0 saturated carbocycles. The molecule has 0 bridgehead atoms. The highest BCUT2D eigenvalue weighted by Gasteiger charge is 2.18. The standard InChI is InChI=1S/C20H24N2O2S/c1-15(2)25(23,24)13-10-16(3)17-4-6-19(7-5-17)22-12-9-18-8-11-21-14-20(18)22/h4-9,11-12,14-16H,10,13H2,1-3H3/t16-/m0/s1. The van der Waals surface area contributed by atoms with E-state index in [0.29, 0.717) is 6.42 Å². The largest absolute Gasteiger partial charge is 0.315 e. The van der Waals surface area contributed by atoms with Crippen LogP contribution in [0.25, 0.3) is 16.6 Å². The topological polar surface area (TPSA) is 52.0 Å². The van der Waals surface area contributed by atoms with Crippen molar-refractivity contribution >= 4 is 20.7 Å². The molecular weight excluding hydrogens is 332 g/mol. The van der Waals surface area contributed by atoms with Gasteiger partial charge in [0.2, 0.25) is 0 Å². The maximum absolute atomic E-state index is 12.0. The van der Waals surface area contributed by atoms with Gasteiger partial charge in [-0.3, -0.25) is 4.98 Å². The summed E-state index contributed by atoms with van der Waals surface area (Å²) in [6.45, 7) is 5.57. The molecule has 0 fully saturated rings. The van der Waals surface area contributed by atoms with Gasteiger partial charge in [0.15, 0.2) is 9.84 Å². The predicted molar refractivity (Wildman–Crippen MR) is 103 cm³/mol. The molecule has 132 valence electrons. The lowest BCUT2D eigenvalue weighted by Crippen LogP contribution is -2.18. The molecule has 0 radical (unpaired) electrons. The second-order valence-electron chi connectivity index (χ2n) is 6.82. The molecule has 2 heterocycles. The smallest absolute Gasteiger partial charge is 0.152 e. The Hall–Kier alpha value is -2.14. The van der Waals surface area contributed by atoms with Crippen molar-refractivity contribution in [2.24, 2.45) is 0 Å². The minimum absolute atomic E-state index is 0.214. The first-order valence-corrected chi connectivity index (χ1v) is 10.3. The van der Waals surface area contributed by atoms with Gasteiger partial charge in [0.1, 0.15) is 0 Å². The van der Waals surface area contributed by atoms with Crippen LogP contribution in [0.1, 0.15) is 38.7 Å². The lowest BCUT2D eigenvalue weighted by atomic mass is 9.98. The summed E-state index contributed by atoms with van der Waals surface area (Å²) in [5.74, 6) is 0.451. The first kappa shape index (κ1) is 17.7. The van der Waals surface area contributed by atoms with E-state index in [1.807, 2.05) is 18.5 Å². The second-order valence-corrected chi connectivity index (χ2v) is 9.49. The van der Waals surface area contributed by atoms with E-state index in [-0.39, 0.29) is 16.9 Å². The van der Waals surface area contributed by atoms with E-state index in [1.165, 1.54) is 0 Å². The van der Waals surface area contributed by atoms with E-state index in [9.17, 15) is 8.42 Å². The molecule has 0 N–H and O–H groups in total. The monoisotopic (exact) mass is 356 g/mol. The van der Waals surface area contributed by atoms with Gasteiger partial charge in [-0.1, -0.05) is 19.1 Å². The average Bonchev–Trinajstić information content (AvgIpc) is 3.04. The van der Waals surface area contributed by atoms with Crippen LogP contribution in [-0.2, 0) is 9.84 Å². The van der Waals surface area contributed by atoms with Gasteiger partial charge in [-0.05, 0) is 56.0 Å². The van der Waals surface area contributed by atoms with Gasteiger partial charge in [0.25, 0.3) is 0 Å². The molecule has 0 aliphatic heterocycles. The van der Waals surface area contributed by atoms with E-state index >= 15 is 0 Å². The molecule has 0 spiro atoms. The van der Waals surface area contributed by atoms with Gasteiger partial charge in [-0.25, -0.2) is 8.42 Å². The Morgan fingerprint density at radius 2 is 1.76 bits per heavy atom. The van der Waals surface area contributed by atoms with Crippen molar-refractivity contribution in [2.75, 3.05) is 5.75 Å². The summed E-state index contributed by atoms with van der Waals surface area (Å²) >= 11 is 0. The van der Waals surface area contributed by atoms with Gasteiger partial charge in [0, 0.05) is 23.5 Å². The van der Waals surface area contributed by atoms with E-state index in [2.05, 4.69) is 46.8 Å². The Morgan fingerprint density at radius 1 is 1.04 bits per heavy atom. The van der Waals surface area contributed by atoms with Crippen molar-refractivity contribution in [3.8, 4) is 5.69 Å². The fraction of sp³-hybridized carbons (Fsp3) is 0.350. The van der Waals surface area contributed by atoms with Gasteiger partial charge in [-0.15, -0.1) is 0 Å². The average molecular weight is 356 g/mol. The van der Waals surface area contributed by atoms with Crippen molar-refractivity contribution < 1.29 is 8.42 Å². The molecule has 1 aromatic carbocycles. The predicted octanol–water partition coefficient (Wildman–Crippen LogP) is 4.34. The number of hydrogen-bond donors (Lipinski definition) is 0. The van der Waals surface area contributed by atoms with Crippen molar-refractivity contribution in [1.82, 2.24) is 9.55 Å². The second kappa shape index (κ2) is 7.00. The van der Waals surface area contributed by atoms with Gasteiger partial charge in [-0.2, -0.15) is 0 Å². The summed E-state index contributed by atoms with van der Waals surface area (Å²) in [5, 5.41) is 0.851. The molecule has 2 aromatic heterocycles. The van der Waals surface area contributed by atoms with Crippen LogP contribution < -0.4 is 0 Å². The number of nitrogens with zero attached hydrogens (tertiary/aromatic N) is 2. The highest BCUT2D eigenvalue weighted by molar-refractivity contribution is 7.91. The van der Waals surface area contributed by atoms with Crippen LogP contribution >= 0.6 is 0 Å². The summed E-state index contributed by atoms with van der Waals surface area (Å²) in [4.78, 5) is 4.20. The van der Waals surface area contributed by atoms with Crippen LogP contribution in [0.3, 0.4) is 0 Å². The molecule has 0 aliphatic carbocycles. The van der Waals surface area contributed by atoms with E-state index in [0.717, 1.165) is 22.2 Å². The third-order valence-electron chi connectivity index (χ3n) is 4.79. The minimum Gasteiger partial charge on any atom is -0.315 e. The van der Waals surface area contributed by atoms with Crippen LogP contribution in [0, 0.1) is 0 Å². The number of benzene rings is 1. The fourth-order valence-electron chi connectivity index (χ4n) is 2.91. The fourth-order valence-corrected chi connectivity index (χ4v) is 4.06. The summed E-state index contributed by atoms with van der Waals surface area (Å²) in [7, 11) is -2.98. The number of rotatable bonds is 6. The third kappa shape index (κ3) is 3.76. The van der Waals surface area contributed by atoms with Crippen molar-refractivity contribution in [2.45, 2.75) is 38.4 Å². The Bertz CT molecular complexity index is 957. The zero-order chi connectivity index (χ0) is 18.0. The van der Waals surface area contributed by atoms with Crippen LogP contribution in [-0.4, -0.2) is 29.0 Å². The summed E-state index contributed by atoms with van der Waals surface area (Å²) in [5.41, 5.74) is 3.32. The highest BCUT2D eigenvalue weighted by Crippen LogP contribution is 2.24. The third-order valence-corrected chi connectivity index (χ3v) is 7.03. The molecule has 5 heteroatoms. The lowest BCUT2D eigenvalue weighted by Gasteiger charge is -2.14. The van der Waals surface area contributed by atoms with E-state index in [1.54, 1.807) is 20.0 Å². The molecule has 4 nitrogen and oxygen atoms in total. The Balaban J connectivity index is 1.76. The van der Waals surface area contributed by atoms with Crippen LogP contribution in [0.5, 0.6) is 0 Å². The normalized spacial score (nSPS) is 13.4. The molecule has 3 aromatic rings. The molecule has 0 saturated heterocycles. The quantitative estimate of drug-likeness (QED) is 0.660. The molecule has 0 unspecified atom stereocenters. The van der Waals surface area contributed by atoms with Crippen molar-refractivity contribution in [3.63, 3.8) is 0 Å². The Kier molecular flexibility index (Phi) is 4.95. The molecule has 0 aliphatic rings. The summed E-state index contributed by atoms with van der Waals surface area (Å²) < 4.78 is 26.1. The first-order valence-electron chi connectivity index (χ1n) is 8.61. The Labute approximate surface area is 149 Å². The van der Waals surface area contributed by atoms with Crippen LogP contribution in [0.15, 0.2) is 55.0 Å². The zero-order valence-corrected chi connectivity index (χ0v) is 15.7. The maximum Gasteiger partial charge on any atom is 0.152 e. The Morgan fingerprint density at radius 3 is 2.44 bits per heavy atom. The number of hydrogen-bond acceptors (Lipinski definition) is 3. The van der Waals surface area contributed by atoms with Crippen molar-refractivity contribution in [3.05, 3.63) is 60.6 Å². The zero-order valence-electron chi connectivity index (χ0n) is 14.9. The number of sulfone groups is 1.